The van der Waals surface area contributed by atoms with E-state index in [1.807, 2.05) is 56.3 Å². The van der Waals surface area contributed by atoms with E-state index in [9.17, 15) is 14.4 Å². The number of carbonyl (C=O) groups excluding carboxylic acids is 3. The number of hydrogen-bond acceptors (Lipinski definition) is 6. The van der Waals surface area contributed by atoms with Gasteiger partial charge in [0.15, 0.2) is 0 Å². The van der Waals surface area contributed by atoms with Crippen LogP contribution in [-0.4, -0.2) is 49.6 Å². The summed E-state index contributed by atoms with van der Waals surface area (Å²) in [4.78, 5) is 37.8. The first kappa shape index (κ1) is 31.5. The summed E-state index contributed by atoms with van der Waals surface area (Å²) in [6, 6.07) is 15.3. The topological polar surface area (TPSA) is 103 Å². The van der Waals surface area contributed by atoms with Crippen LogP contribution in [0, 0.1) is 0 Å². The summed E-state index contributed by atoms with van der Waals surface area (Å²) in [6.07, 6.45) is 5.90. The summed E-state index contributed by atoms with van der Waals surface area (Å²) in [5, 5.41) is 5.42. The molecule has 3 rings (SSSR count). The van der Waals surface area contributed by atoms with Crippen LogP contribution in [0.3, 0.4) is 0 Å². The number of unbranched alkanes of at least 4 members (excludes halogenated alkanes) is 1. The van der Waals surface area contributed by atoms with Gasteiger partial charge in [0.25, 0.3) is 0 Å². The van der Waals surface area contributed by atoms with Gasteiger partial charge in [-0.25, -0.2) is 14.4 Å². The van der Waals surface area contributed by atoms with Crippen LogP contribution in [-0.2, 0) is 19.0 Å². The van der Waals surface area contributed by atoms with Crippen LogP contribution in [0.1, 0.15) is 70.9 Å². The van der Waals surface area contributed by atoms with Gasteiger partial charge in [0.2, 0.25) is 0 Å². The summed E-state index contributed by atoms with van der Waals surface area (Å²) in [5.74, 6) is -0.627. The molecule has 41 heavy (non-hydrogen) atoms. The number of carbonyl (C=O) groups is 3. The molecule has 0 aromatic heterocycles. The first-order valence-electron chi connectivity index (χ1n) is 14.2. The highest BCUT2D eigenvalue weighted by atomic mass is 16.6. The number of nitrogens with one attached hydrogen (secondary N) is 2. The molecular weight excluding hydrogens is 520 g/mol. The first-order valence-corrected chi connectivity index (χ1v) is 14.2. The quantitative estimate of drug-likeness (QED) is 0.130. The Kier molecular flexibility index (Phi) is 11.6. The molecule has 8 heteroatoms. The minimum absolute atomic E-state index is 0.0874. The molecule has 1 atom stereocenters. The van der Waals surface area contributed by atoms with Gasteiger partial charge >= 0.3 is 18.2 Å². The Balaban J connectivity index is 1.58. The number of allylic oxidation sites excluding steroid dienone is 2. The zero-order valence-electron chi connectivity index (χ0n) is 24.7. The number of benzene rings is 2. The maximum Gasteiger partial charge on any atom is 0.407 e. The van der Waals surface area contributed by atoms with Gasteiger partial charge in [0, 0.05) is 12.5 Å². The van der Waals surface area contributed by atoms with Gasteiger partial charge in [0.05, 0.1) is 0 Å². The van der Waals surface area contributed by atoms with Crippen molar-refractivity contribution in [2.45, 2.75) is 71.4 Å². The summed E-state index contributed by atoms with van der Waals surface area (Å²) < 4.78 is 16.4. The fourth-order valence-electron chi connectivity index (χ4n) is 4.71. The van der Waals surface area contributed by atoms with Crippen molar-refractivity contribution in [2.24, 2.45) is 0 Å². The lowest BCUT2D eigenvalue weighted by Gasteiger charge is -2.20. The molecule has 1 aliphatic rings. The minimum Gasteiger partial charge on any atom is -0.459 e. The first-order chi connectivity index (χ1) is 19.6. The van der Waals surface area contributed by atoms with E-state index in [4.69, 9.17) is 14.2 Å². The molecule has 2 aromatic rings. The van der Waals surface area contributed by atoms with Gasteiger partial charge in [-0.05, 0) is 81.7 Å². The summed E-state index contributed by atoms with van der Waals surface area (Å²) in [5.41, 5.74) is 4.77. The third-order valence-corrected chi connectivity index (χ3v) is 6.64. The molecule has 2 amide bonds. The predicted octanol–water partition coefficient (Wildman–Crippen LogP) is 6.65. The zero-order valence-corrected chi connectivity index (χ0v) is 24.7. The Morgan fingerprint density at radius 2 is 1.54 bits per heavy atom. The highest BCUT2D eigenvalue weighted by Crippen LogP contribution is 2.44. The van der Waals surface area contributed by atoms with Crippen LogP contribution >= 0.6 is 0 Å². The molecule has 1 aliphatic carbocycles. The van der Waals surface area contributed by atoms with Crippen LogP contribution in [0.5, 0.6) is 0 Å². The molecule has 0 fully saturated rings. The maximum absolute atomic E-state index is 13.0. The van der Waals surface area contributed by atoms with E-state index in [1.165, 1.54) is 0 Å². The molecular formula is C33H42N2O6. The maximum atomic E-state index is 13.0. The summed E-state index contributed by atoms with van der Waals surface area (Å²) >= 11 is 0. The second-order valence-electron chi connectivity index (χ2n) is 10.9. The van der Waals surface area contributed by atoms with E-state index in [1.54, 1.807) is 20.8 Å². The van der Waals surface area contributed by atoms with Gasteiger partial charge in [-0.15, -0.1) is 0 Å². The van der Waals surface area contributed by atoms with Crippen molar-refractivity contribution < 1.29 is 28.6 Å². The van der Waals surface area contributed by atoms with Crippen molar-refractivity contribution in [3.63, 3.8) is 0 Å². The van der Waals surface area contributed by atoms with E-state index < -0.39 is 29.8 Å². The van der Waals surface area contributed by atoms with Crippen LogP contribution in [0.25, 0.3) is 11.1 Å². The molecule has 0 spiro atoms. The molecule has 0 saturated heterocycles. The van der Waals surface area contributed by atoms with Crippen molar-refractivity contribution >= 4 is 18.2 Å². The number of rotatable bonds is 12. The van der Waals surface area contributed by atoms with Gasteiger partial charge < -0.3 is 24.8 Å². The van der Waals surface area contributed by atoms with Gasteiger partial charge in [-0.3, -0.25) is 0 Å². The number of amides is 2. The zero-order chi connectivity index (χ0) is 29.8. The van der Waals surface area contributed by atoms with Crippen LogP contribution in [0.2, 0.25) is 0 Å². The van der Waals surface area contributed by atoms with Gasteiger partial charge in [-0.2, -0.15) is 0 Å². The van der Waals surface area contributed by atoms with Crippen molar-refractivity contribution in [1.29, 1.82) is 0 Å². The Morgan fingerprint density at radius 1 is 0.902 bits per heavy atom. The normalized spacial score (nSPS) is 13.7. The molecule has 0 heterocycles. The average molecular weight is 563 g/mol. The van der Waals surface area contributed by atoms with Crippen LogP contribution < -0.4 is 10.6 Å². The number of fused-ring (bicyclic) bond motifs is 3. The molecule has 220 valence electrons. The highest BCUT2D eigenvalue weighted by Gasteiger charge is 2.30. The highest BCUT2D eigenvalue weighted by molar-refractivity contribution is 5.82. The standard InChI is InChI=1S/C33H42N2O6/c1-6-14-23(7-2)21-39-30(36)29(19-12-13-20-34-31(37)41-33(3,4)5)35-32(38)40-22-28-26-17-10-8-15-24(26)25-16-9-11-18-27(25)28/h6-11,14-18,28-29H,12-13,19-22H2,1-5H3,(H,34,37)(H,35,38)/b14-6-,23-7+. The second-order valence-corrected chi connectivity index (χ2v) is 10.9. The molecule has 0 bridgehead atoms. The largest absolute Gasteiger partial charge is 0.459 e. The fraction of sp³-hybridized carbons (Fsp3) is 0.424. The molecule has 0 saturated carbocycles. The lowest BCUT2D eigenvalue weighted by atomic mass is 9.98. The van der Waals surface area contributed by atoms with E-state index in [0.717, 1.165) is 27.8 Å². The number of alkyl carbamates (subject to hydrolysis) is 2. The van der Waals surface area contributed by atoms with Crippen molar-refractivity contribution in [1.82, 2.24) is 10.6 Å². The van der Waals surface area contributed by atoms with E-state index in [2.05, 4.69) is 34.9 Å². The van der Waals surface area contributed by atoms with E-state index in [0.29, 0.717) is 25.8 Å². The monoisotopic (exact) mass is 562 g/mol. The smallest absolute Gasteiger partial charge is 0.407 e. The number of ether oxygens (including phenoxy) is 3. The molecule has 1 unspecified atom stereocenters. The lowest BCUT2D eigenvalue weighted by molar-refractivity contribution is -0.145. The molecule has 0 aliphatic heterocycles. The predicted molar refractivity (Wildman–Crippen MR) is 160 cm³/mol. The van der Waals surface area contributed by atoms with E-state index in [-0.39, 0.29) is 19.1 Å². The van der Waals surface area contributed by atoms with Gasteiger partial charge in [0.1, 0.15) is 24.9 Å². The average Bonchev–Trinajstić information content (AvgIpc) is 3.25. The van der Waals surface area contributed by atoms with Crippen LogP contribution in [0.4, 0.5) is 9.59 Å². The second kappa shape index (κ2) is 15.1. The lowest BCUT2D eigenvalue weighted by Crippen LogP contribution is -2.42. The minimum atomic E-state index is -0.893. The molecule has 0 radical (unpaired) electrons. The molecule has 8 nitrogen and oxygen atoms in total. The Bertz CT molecular complexity index is 1210. The molecule has 2 N–H and O–H groups in total. The van der Waals surface area contributed by atoms with Crippen molar-refractivity contribution in [3.05, 3.63) is 83.5 Å². The number of hydrogen-bond donors (Lipinski definition) is 2. The van der Waals surface area contributed by atoms with Crippen molar-refractivity contribution in [2.75, 3.05) is 19.8 Å². The SMILES string of the molecule is C/C=C\C(=C/C)COC(=O)C(CCCCNC(=O)OC(C)(C)C)NC(=O)OCC1c2ccccc2-c2ccccc21. The Morgan fingerprint density at radius 3 is 2.12 bits per heavy atom. The summed E-state index contributed by atoms with van der Waals surface area (Å²) in [6.45, 7) is 9.78. The third kappa shape index (κ3) is 9.52. The Labute approximate surface area is 243 Å². The van der Waals surface area contributed by atoms with Crippen LogP contribution in [0.15, 0.2) is 72.3 Å². The van der Waals surface area contributed by atoms with E-state index >= 15 is 0 Å². The molecule has 2 aromatic carbocycles. The fourth-order valence-corrected chi connectivity index (χ4v) is 4.71. The third-order valence-electron chi connectivity index (χ3n) is 6.64. The van der Waals surface area contributed by atoms with Crippen molar-refractivity contribution in [3.8, 4) is 11.1 Å². The number of esters is 1. The Hall–Kier alpha value is -4.07. The van der Waals surface area contributed by atoms with Gasteiger partial charge in [-0.1, -0.05) is 66.8 Å². The summed E-state index contributed by atoms with van der Waals surface area (Å²) in [7, 11) is 0.